The van der Waals surface area contributed by atoms with Crippen LogP contribution in [0.2, 0.25) is 0 Å². The molecular weight excluding hydrogens is 240 g/mol. The first-order chi connectivity index (χ1) is 9.11. The van der Waals surface area contributed by atoms with Crippen molar-refractivity contribution in [3.8, 4) is 0 Å². The minimum atomic E-state index is -0.189. The molecule has 5 heteroatoms. The number of benzene rings is 1. The first-order valence-corrected chi connectivity index (χ1v) is 6.16. The SMILES string of the molecule is Cc1ncn(Cc2ccccc2CC(=O)NN)c1C. The molecule has 1 aromatic heterocycles. The van der Waals surface area contributed by atoms with Gasteiger partial charge in [0.1, 0.15) is 0 Å². The summed E-state index contributed by atoms with van der Waals surface area (Å²) in [6.07, 6.45) is 2.11. The summed E-state index contributed by atoms with van der Waals surface area (Å²) in [4.78, 5) is 15.7. The number of nitrogens with one attached hydrogen (secondary N) is 1. The Morgan fingerprint density at radius 2 is 2.00 bits per heavy atom. The lowest BCUT2D eigenvalue weighted by molar-refractivity contribution is -0.120. The molecule has 0 bridgehead atoms. The number of imidazole rings is 1. The molecule has 0 saturated carbocycles. The van der Waals surface area contributed by atoms with Crippen molar-refractivity contribution in [2.75, 3.05) is 0 Å². The number of hydrogen-bond donors (Lipinski definition) is 2. The summed E-state index contributed by atoms with van der Waals surface area (Å²) in [6, 6.07) is 7.87. The summed E-state index contributed by atoms with van der Waals surface area (Å²) in [5, 5.41) is 0. The Morgan fingerprint density at radius 3 is 2.58 bits per heavy atom. The third-order valence-corrected chi connectivity index (χ3v) is 3.32. The van der Waals surface area contributed by atoms with E-state index < -0.39 is 0 Å². The normalized spacial score (nSPS) is 10.5. The Balaban J connectivity index is 2.25. The van der Waals surface area contributed by atoms with Gasteiger partial charge in [-0.1, -0.05) is 24.3 Å². The minimum absolute atomic E-state index is 0.189. The van der Waals surface area contributed by atoms with E-state index in [2.05, 4.69) is 15.0 Å². The van der Waals surface area contributed by atoms with Gasteiger partial charge >= 0.3 is 0 Å². The topological polar surface area (TPSA) is 72.9 Å². The highest BCUT2D eigenvalue weighted by atomic mass is 16.2. The number of nitrogens with two attached hydrogens (primary N) is 1. The molecule has 0 aliphatic carbocycles. The van der Waals surface area contributed by atoms with Crippen LogP contribution in [-0.2, 0) is 17.8 Å². The molecule has 0 fully saturated rings. The monoisotopic (exact) mass is 258 g/mol. The molecule has 5 nitrogen and oxygen atoms in total. The molecule has 0 unspecified atom stereocenters. The summed E-state index contributed by atoms with van der Waals surface area (Å²) in [5.41, 5.74) is 6.41. The average Bonchev–Trinajstić information content (AvgIpc) is 2.73. The molecule has 0 saturated heterocycles. The van der Waals surface area contributed by atoms with Crippen LogP contribution in [0.25, 0.3) is 0 Å². The van der Waals surface area contributed by atoms with Gasteiger partial charge in [-0.15, -0.1) is 0 Å². The largest absolute Gasteiger partial charge is 0.330 e. The van der Waals surface area contributed by atoms with Gasteiger partial charge in [-0.25, -0.2) is 10.8 Å². The number of aryl methyl sites for hydroxylation is 1. The zero-order valence-corrected chi connectivity index (χ0v) is 11.2. The number of hydrazine groups is 1. The first-order valence-electron chi connectivity index (χ1n) is 6.16. The molecular formula is C14H18N4O. The second kappa shape index (κ2) is 5.67. The lowest BCUT2D eigenvalue weighted by Gasteiger charge is -2.11. The second-order valence-electron chi connectivity index (χ2n) is 4.56. The standard InChI is InChI=1S/C14H18N4O/c1-10-11(2)18(9-16-10)8-13-6-4-3-5-12(13)7-14(19)17-15/h3-6,9H,7-8,15H2,1-2H3,(H,17,19). The van der Waals surface area contributed by atoms with Crippen LogP contribution in [-0.4, -0.2) is 15.5 Å². The van der Waals surface area contributed by atoms with Gasteiger partial charge in [0.05, 0.1) is 18.4 Å². The highest BCUT2D eigenvalue weighted by Gasteiger charge is 2.09. The molecule has 100 valence electrons. The van der Waals surface area contributed by atoms with Gasteiger partial charge in [0.25, 0.3) is 0 Å². The molecule has 1 heterocycles. The Morgan fingerprint density at radius 1 is 1.32 bits per heavy atom. The van der Waals surface area contributed by atoms with Crippen molar-refractivity contribution >= 4 is 5.91 Å². The van der Waals surface area contributed by atoms with Crippen LogP contribution < -0.4 is 11.3 Å². The highest BCUT2D eigenvalue weighted by molar-refractivity contribution is 5.78. The molecule has 19 heavy (non-hydrogen) atoms. The number of amides is 1. The highest BCUT2D eigenvalue weighted by Crippen LogP contribution is 2.14. The summed E-state index contributed by atoms with van der Waals surface area (Å²) >= 11 is 0. The Hall–Kier alpha value is -2.14. The summed E-state index contributed by atoms with van der Waals surface area (Å²) < 4.78 is 2.08. The number of rotatable bonds is 4. The van der Waals surface area contributed by atoms with Crippen LogP contribution in [0.15, 0.2) is 30.6 Å². The van der Waals surface area contributed by atoms with E-state index >= 15 is 0 Å². The number of nitrogens with zero attached hydrogens (tertiary/aromatic N) is 2. The molecule has 0 spiro atoms. The summed E-state index contributed by atoms with van der Waals surface area (Å²) in [5.74, 6) is 4.95. The second-order valence-corrected chi connectivity index (χ2v) is 4.56. The van der Waals surface area contributed by atoms with E-state index in [0.717, 1.165) is 22.5 Å². The lowest BCUT2D eigenvalue weighted by atomic mass is 10.0. The maximum absolute atomic E-state index is 11.4. The van der Waals surface area contributed by atoms with Crippen LogP contribution in [0.5, 0.6) is 0 Å². The van der Waals surface area contributed by atoms with Crippen molar-refractivity contribution in [3.05, 3.63) is 53.1 Å². The van der Waals surface area contributed by atoms with Gasteiger partial charge in [0.2, 0.25) is 5.91 Å². The molecule has 1 aromatic carbocycles. The lowest BCUT2D eigenvalue weighted by Crippen LogP contribution is -2.31. The Kier molecular flexibility index (Phi) is 3.97. The number of aromatic nitrogens is 2. The molecule has 2 rings (SSSR count). The van der Waals surface area contributed by atoms with Crippen molar-refractivity contribution in [2.24, 2.45) is 5.84 Å². The van der Waals surface area contributed by atoms with E-state index in [4.69, 9.17) is 5.84 Å². The maximum atomic E-state index is 11.4. The smallest absolute Gasteiger partial charge is 0.238 e. The molecule has 3 N–H and O–H groups in total. The van der Waals surface area contributed by atoms with Gasteiger partial charge in [0, 0.05) is 12.2 Å². The van der Waals surface area contributed by atoms with Crippen molar-refractivity contribution in [2.45, 2.75) is 26.8 Å². The van der Waals surface area contributed by atoms with Crippen LogP contribution >= 0.6 is 0 Å². The summed E-state index contributed by atoms with van der Waals surface area (Å²) in [7, 11) is 0. The van der Waals surface area contributed by atoms with Gasteiger partial charge in [0.15, 0.2) is 0 Å². The third kappa shape index (κ3) is 3.00. The molecule has 0 atom stereocenters. The number of carbonyl (C=O) groups excluding carboxylic acids is 1. The number of carbonyl (C=O) groups is 1. The zero-order chi connectivity index (χ0) is 13.8. The van der Waals surface area contributed by atoms with Gasteiger partial charge in [-0.05, 0) is 25.0 Å². The Bertz CT molecular complexity index is 589. The number of hydrogen-bond acceptors (Lipinski definition) is 3. The van der Waals surface area contributed by atoms with Crippen LogP contribution in [0.3, 0.4) is 0 Å². The van der Waals surface area contributed by atoms with Crippen LogP contribution in [0.1, 0.15) is 22.5 Å². The third-order valence-electron chi connectivity index (χ3n) is 3.32. The van der Waals surface area contributed by atoms with E-state index in [1.54, 1.807) is 0 Å². The predicted octanol–water partition coefficient (Wildman–Crippen LogP) is 1.08. The fourth-order valence-electron chi connectivity index (χ4n) is 2.00. The van der Waals surface area contributed by atoms with Crippen molar-refractivity contribution in [3.63, 3.8) is 0 Å². The quantitative estimate of drug-likeness (QED) is 0.489. The molecule has 2 aromatic rings. The molecule has 0 aliphatic rings. The maximum Gasteiger partial charge on any atom is 0.238 e. The fraction of sp³-hybridized carbons (Fsp3) is 0.286. The van der Waals surface area contributed by atoms with E-state index in [0.29, 0.717) is 13.0 Å². The molecule has 0 aliphatic heterocycles. The van der Waals surface area contributed by atoms with Gasteiger partial charge in [-0.3, -0.25) is 10.2 Å². The van der Waals surface area contributed by atoms with Crippen molar-refractivity contribution < 1.29 is 4.79 Å². The van der Waals surface area contributed by atoms with Crippen LogP contribution in [0.4, 0.5) is 0 Å². The fourth-order valence-corrected chi connectivity index (χ4v) is 2.00. The van der Waals surface area contributed by atoms with E-state index in [1.165, 1.54) is 0 Å². The van der Waals surface area contributed by atoms with Crippen LogP contribution in [0, 0.1) is 13.8 Å². The van der Waals surface area contributed by atoms with E-state index in [-0.39, 0.29) is 5.91 Å². The Labute approximate surface area is 112 Å². The minimum Gasteiger partial charge on any atom is -0.330 e. The van der Waals surface area contributed by atoms with Crippen molar-refractivity contribution in [1.29, 1.82) is 0 Å². The van der Waals surface area contributed by atoms with Gasteiger partial charge < -0.3 is 4.57 Å². The first kappa shape index (κ1) is 13.3. The van der Waals surface area contributed by atoms with Crippen molar-refractivity contribution in [1.82, 2.24) is 15.0 Å². The predicted molar refractivity (Wildman–Crippen MR) is 73.3 cm³/mol. The molecule has 0 radical (unpaired) electrons. The summed E-state index contributed by atoms with van der Waals surface area (Å²) in [6.45, 7) is 4.73. The van der Waals surface area contributed by atoms with E-state index in [9.17, 15) is 4.79 Å². The zero-order valence-electron chi connectivity index (χ0n) is 11.2. The molecule has 1 amide bonds. The van der Waals surface area contributed by atoms with Gasteiger partial charge in [-0.2, -0.15) is 0 Å². The van der Waals surface area contributed by atoms with E-state index in [1.807, 2.05) is 44.4 Å². The average molecular weight is 258 g/mol.